The van der Waals surface area contributed by atoms with Crippen molar-refractivity contribution >= 4 is 16.9 Å². The quantitative estimate of drug-likeness (QED) is 0.647. The maximum absolute atomic E-state index is 11.5. The summed E-state index contributed by atoms with van der Waals surface area (Å²) in [5.74, 6) is -0.235. The first kappa shape index (κ1) is 8.47. The highest BCUT2D eigenvalue weighted by molar-refractivity contribution is 6.03. The first-order valence-electron chi connectivity index (χ1n) is 4.82. The van der Waals surface area contributed by atoms with Crippen LogP contribution in [0.3, 0.4) is 0 Å². The Labute approximate surface area is 85.1 Å². The van der Waals surface area contributed by atoms with Gasteiger partial charge in [0.05, 0.1) is 5.52 Å². The highest BCUT2D eigenvalue weighted by atomic mass is 16.4. The lowest BCUT2D eigenvalue weighted by Gasteiger charge is -1.97. The third kappa shape index (κ3) is 1.02. The van der Waals surface area contributed by atoms with Crippen molar-refractivity contribution in [3.8, 4) is 0 Å². The number of nitrogens with zero attached hydrogens (tertiary/aromatic N) is 1. The van der Waals surface area contributed by atoms with Crippen LogP contribution >= 0.6 is 0 Å². The fourth-order valence-corrected chi connectivity index (χ4v) is 2.06. The summed E-state index contributed by atoms with van der Waals surface area (Å²) in [5.41, 5.74) is 2.98. The van der Waals surface area contributed by atoms with Gasteiger partial charge in [-0.15, -0.1) is 0 Å². The molecule has 1 aliphatic carbocycles. The maximum atomic E-state index is 11.5. The van der Waals surface area contributed by atoms with Crippen LogP contribution < -0.4 is 5.76 Å². The minimum atomic E-state index is -0.388. The smallest absolute Gasteiger partial charge is 0.408 e. The van der Waals surface area contributed by atoms with E-state index < -0.39 is 0 Å². The van der Waals surface area contributed by atoms with Gasteiger partial charge in [-0.3, -0.25) is 9.36 Å². The minimum Gasteiger partial charge on any atom is -0.408 e. The van der Waals surface area contributed by atoms with E-state index in [-0.39, 0.29) is 11.5 Å². The van der Waals surface area contributed by atoms with E-state index in [1.807, 2.05) is 0 Å². The van der Waals surface area contributed by atoms with E-state index >= 15 is 0 Å². The van der Waals surface area contributed by atoms with Gasteiger partial charge in [-0.25, -0.2) is 4.79 Å². The number of Topliss-reactive ketones (excluding diaryl/α,β-unsaturated/α-hetero) is 1. The normalized spacial score (nSPS) is 14.9. The number of aryl methyl sites for hydroxylation is 2. The SMILES string of the molecule is Cn1c(=O)oc2cc3c(cc21)C(=O)CC3. The summed E-state index contributed by atoms with van der Waals surface area (Å²) >= 11 is 0. The second kappa shape index (κ2) is 2.59. The van der Waals surface area contributed by atoms with Crippen LogP contribution in [0.4, 0.5) is 0 Å². The standard InChI is InChI=1S/C11H9NO3/c1-12-8-5-7-6(2-3-9(7)13)4-10(8)15-11(12)14/h4-5H,2-3H2,1H3. The zero-order valence-electron chi connectivity index (χ0n) is 8.24. The molecule has 0 aliphatic heterocycles. The summed E-state index contributed by atoms with van der Waals surface area (Å²) in [6, 6.07) is 3.56. The molecule has 1 aromatic heterocycles. The predicted octanol–water partition coefficient (Wildman–Crippen LogP) is 1.26. The number of hydrogen-bond acceptors (Lipinski definition) is 3. The molecule has 0 N–H and O–H groups in total. The Balaban J connectivity index is 2.45. The molecule has 1 aliphatic rings. The average Bonchev–Trinajstić information content (AvgIpc) is 2.69. The van der Waals surface area contributed by atoms with Crippen LogP contribution in [0.1, 0.15) is 22.3 Å². The van der Waals surface area contributed by atoms with Gasteiger partial charge in [0.1, 0.15) is 0 Å². The van der Waals surface area contributed by atoms with Crippen LogP contribution in [0.25, 0.3) is 11.1 Å². The molecule has 0 bridgehead atoms. The van der Waals surface area contributed by atoms with Crippen LogP contribution in [0.15, 0.2) is 21.3 Å². The van der Waals surface area contributed by atoms with Gasteiger partial charge in [-0.2, -0.15) is 0 Å². The van der Waals surface area contributed by atoms with Crippen LogP contribution in [-0.4, -0.2) is 10.4 Å². The third-order valence-electron chi connectivity index (χ3n) is 2.94. The van der Waals surface area contributed by atoms with Gasteiger partial charge in [-0.1, -0.05) is 0 Å². The molecule has 0 atom stereocenters. The van der Waals surface area contributed by atoms with Crippen molar-refractivity contribution < 1.29 is 9.21 Å². The Bertz CT molecular complexity index is 633. The lowest BCUT2D eigenvalue weighted by atomic mass is 10.1. The molecule has 1 aromatic carbocycles. The summed E-state index contributed by atoms with van der Waals surface area (Å²) in [6.07, 6.45) is 1.32. The number of hydrogen-bond donors (Lipinski definition) is 0. The van der Waals surface area contributed by atoms with E-state index in [1.54, 1.807) is 19.2 Å². The number of fused-ring (bicyclic) bond motifs is 2. The number of ketones is 1. The van der Waals surface area contributed by atoms with Gasteiger partial charge in [0, 0.05) is 19.0 Å². The van der Waals surface area contributed by atoms with Crippen LogP contribution in [0.2, 0.25) is 0 Å². The van der Waals surface area contributed by atoms with Gasteiger partial charge in [0.2, 0.25) is 0 Å². The zero-order valence-corrected chi connectivity index (χ0v) is 8.24. The highest BCUT2D eigenvalue weighted by Gasteiger charge is 2.21. The fraction of sp³-hybridized carbons (Fsp3) is 0.273. The summed E-state index contributed by atoms with van der Waals surface area (Å²) in [5, 5.41) is 0. The lowest BCUT2D eigenvalue weighted by Crippen LogP contribution is -2.08. The second-order valence-corrected chi connectivity index (χ2v) is 3.83. The third-order valence-corrected chi connectivity index (χ3v) is 2.94. The van der Waals surface area contributed by atoms with E-state index in [1.165, 1.54) is 4.57 Å². The number of benzene rings is 1. The topological polar surface area (TPSA) is 52.2 Å². The molecule has 0 saturated carbocycles. The van der Waals surface area contributed by atoms with Crippen LogP contribution in [0.5, 0.6) is 0 Å². The fourth-order valence-electron chi connectivity index (χ4n) is 2.06. The molecule has 76 valence electrons. The monoisotopic (exact) mass is 203 g/mol. The number of rotatable bonds is 0. The van der Waals surface area contributed by atoms with E-state index in [0.29, 0.717) is 17.5 Å². The van der Waals surface area contributed by atoms with Crippen molar-refractivity contribution in [1.82, 2.24) is 4.57 Å². The lowest BCUT2D eigenvalue weighted by molar-refractivity contribution is 0.0994. The first-order chi connectivity index (χ1) is 7.16. The molecular weight excluding hydrogens is 194 g/mol. The summed E-state index contributed by atoms with van der Waals surface area (Å²) in [7, 11) is 1.64. The molecule has 0 unspecified atom stereocenters. The largest absolute Gasteiger partial charge is 0.419 e. The van der Waals surface area contributed by atoms with Crippen LogP contribution in [-0.2, 0) is 13.5 Å². The maximum Gasteiger partial charge on any atom is 0.419 e. The van der Waals surface area contributed by atoms with Crippen molar-refractivity contribution in [1.29, 1.82) is 0 Å². The molecule has 0 amide bonds. The zero-order chi connectivity index (χ0) is 10.6. The summed E-state index contributed by atoms with van der Waals surface area (Å²) in [6.45, 7) is 0. The molecule has 0 spiro atoms. The Morgan fingerprint density at radius 3 is 2.87 bits per heavy atom. The molecule has 4 nitrogen and oxygen atoms in total. The van der Waals surface area contributed by atoms with Crippen molar-refractivity contribution in [3.63, 3.8) is 0 Å². The molecule has 0 saturated heterocycles. The van der Waals surface area contributed by atoms with Crippen molar-refractivity contribution in [3.05, 3.63) is 33.8 Å². The summed E-state index contributed by atoms with van der Waals surface area (Å²) in [4.78, 5) is 22.8. The molecular formula is C11H9NO3. The van der Waals surface area contributed by atoms with E-state index in [9.17, 15) is 9.59 Å². The van der Waals surface area contributed by atoms with E-state index in [2.05, 4.69) is 0 Å². The highest BCUT2D eigenvalue weighted by Crippen LogP contribution is 2.26. The first-order valence-corrected chi connectivity index (χ1v) is 4.82. The molecule has 3 rings (SSSR count). The number of aromatic nitrogens is 1. The Morgan fingerprint density at radius 2 is 2.07 bits per heavy atom. The molecule has 1 heterocycles. The van der Waals surface area contributed by atoms with E-state index in [0.717, 1.165) is 17.5 Å². The Morgan fingerprint density at radius 1 is 1.27 bits per heavy atom. The van der Waals surface area contributed by atoms with Gasteiger partial charge in [-0.05, 0) is 24.1 Å². The minimum absolute atomic E-state index is 0.153. The van der Waals surface area contributed by atoms with Crippen molar-refractivity contribution in [2.45, 2.75) is 12.8 Å². The van der Waals surface area contributed by atoms with Gasteiger partial charge >= 0.3 is 5.76 Å². The Kier molecular flexibility index (Phi) is 1.46. The number of carbonyl (C=O) groups is 1. The van der Waals surface area contributed by atoms with Gasteiger partial charge in [0.15, 0.2) is 11.4 Å². The predicted molar refractivity (Wildman–Crippen MR) is 54.1 cm³/mol. The number of oxazole rings is 1. The van der Waals surface area contributed by atoms with Gasteiger partial charge in [0.25, 0.3) is 0 Å². The molecule has 4 heteroatoms. The number of carbonyl (C=O) groups excluding carboxylic acids is 1. The van der Waals surface area contributed by atoms with Gasteiger partial charge < -0.3 is 4.42 Å². The van der Waals surface area contributed by atoms with Crippen LogP contribution in [0, 0.1) is 0 Å². The molecule has 0 fully saturated rings. The molecule has 15 heavy (non-hydrogen) atoms. The molecule has 2 aromatic rings. The van der Waals surface area contributed by atoms with Crippen molar-refractivity contribution in [2.24, 2.45) is 7.05 Å². The van der Waals surface area contributed by atoms with Crippen molar-refractivity contribution in [2.75, 3.05) is 0 Å². The Hall–Kier alpha value is -1.84. The van der Waals surface area contributed by atoms with E-state index in [4.69, 9.17) is 4.42 Å². The average molecular weight is 203 g/mol. The molecule has 0 radical (unpaired) electrons. The second-order valence-electron chi connectivity index (χ2n) is 3.83. The summed E-state index contributed by atoms with van der Waals surface area (Å²) < 4.78 is 6.47.